The van der Waals surface area contributed by atoms with Crippen molar-refractivity contribution >= 4 is 11.6 Å². The van der Waals surface area contributed by atoms with E-state index in [0.717, 1.165) is 11.3 Å². The van der Waals surface area contributed by atoms with Gasteiger partial charge in [0.1, 0.15) is 11.4 Å². The third-order valence-corrected chi connectivity index (χ3v) is 3.60. The summed E-state index contributed by atoms with van der Waals surface area (Å²) in [6.45, 7) is 2.48. The number of nitrogens with zero attached hydrogens (tertiary/aromatic N) is 3. The van der Waals surface area contributed by atoms with Crippen molar-refractivity contribution in [2.24, 2.45) is 0 Å². The predicted molar refractivity (Wildman–Crippen MR) is 92.6 cm³/mol. The van der Waals surface area contributed by atoms with Crippen molar-refractivity contribution in [3.63, 3.8) is 0 Å². The number of aromatic nitrogens is 3. The van der Waals surface area contributed by atoms with E-state index < -0.39 is 12.1 Å². The maximum atomic E-state index is 12.3. The lowest BCUT2D eigenvalue weighted by Gasteiger charge is -2.08. The Bertz CT molecular complexity index is 919. The largest absolute Gasteiger partial charge is 0.494 e. The average molecular weight is 376 g/mol. The van der Waals surface area contributed by atoms with Crippen molar-refractivity contribution in [3.05, 3.63) is 54.7 Å². The SMILES string of the molecule is CCOc1ccc(-c2cn(-c3ccc(NC(=O)C(F)(F)F)cc3)nn2)cc1. The molecule has 9 heteroatoms. The highest BCUT2D eigenvalue weighted by molar-refractivity contribution is 5.94. The van der Waals surface area contributed by atoms with E-state index in [9.17, 15) is 18.0 Å². The standard InChI is InChI=1S/C18H15F3N4O2/c1-2-27-15-9-3-12(4-10-15)16-11-25(24-23-16)14-7-5-13(6-8-14)22-17(26)18(19,20)21/h3-11H,2H2,1H3,(H,22,26). The van der Waals surface area contributed by atoms with Gasteiger partial charge in [0.2, 0.25) is 0 Å². The van der Waals surface area contributed by atoms with Crippen molar-refractivity contribution in [1.29, 1.82) is 0 Å². The second-order valence-corrected chi connectivity index (χ2v) is 5.50. The molecule has 140 valence electrons. The van der Waals surface area contributed by atoms with Gasteiger partial charge in [-0.25, -0.2) is 4.68 Å². The highest BCUT2D eigenvalue weighted by Gasteiger charge is 2.38. The molecule has 6 nitrogen and oxygen atoms in total. The van der Waals surface area contributed by atoms with Gasteiger partial charge in [-0.1, -0.05) is 5.21 Å². The van der Waals surface area contributed by atoms with Gasteiger partial charge in [-0.05, 0) is 55.5 Å². The first-order valence-corrected chi connectivity index (χ1v) is 8.01. The van der Waals surface area contributed by atoms with Crippen LogP contribution in [0.25, 0.3) is 16.9 Å². The summed E-state index contributed by atoms with van der Waals surface area (Å²) in [4.78, 5) is 10.9. The number of anilines is 1. The smallest absolute Gasteiger partial charge is 0.471 e. The quantitative estimate of drug-likeness (QED) is 0.735. The molecule has 0 aliphatic rings. The molecule has 0 atom stereocenters. The minimum absolute atomic E-state index is 0.0351. The topological polar surface area (TPSA) is 69.0 Å². The monoisotopic (exact) mass is 376 g/mol. The van der Waals surface area contributed by atoms with Crippen LogP contribution in [0.2, 0.25) is 0 Å². The molecule has 0 aliphatic heterocycles. The zero-order valence-electron chi connectivity index (χ0n) is 14.2. The summed E-state index contributed by atoms with van der Waals surface area (Å²) in [5, 5.41) is 9.90. The first kappa shape index (κ1) is 18.4. The molecule has 1 aromatic heterocycles. The van der Waals surface area contributed by atoms with Crippen LogP contribution in [0.1, 0.15) is 6.92 Å². The van der Waals surface area contributed by atoms with E-state index >= 15 is 0 Å². The number of carbonyl (C=O) groups excluding carboxylic acids is 1. The number of hydrogen-bond donors (Lipinski definition) is 1. The Morgan fingerprint density at radius 1 is 1.11 bits per heavy atom. The fourth-order valence-corrected chi connectivity index (χ4v) is 2.31. The number of amides is 1. The second kappa shape index (κ2) is 7.48. The maximum absolute atomic E-state index is 12.3. The van der Waals surface area contributed by atoms with E-state index in [2.05, 4.69) is 10.3 Å². The zero-order chi connectivity index (χ0) is 19.4. The molecular formula is C18H15F3N4O2. The summed E-state index contributed by atoms with van der Waals surface area (Å²) in [6.07, 6.45) is -3.24. The molecule has 3 aromatic rings. The van der Waals surface area contributed by atoms with E-state index in [1.165, 1.54) is 28.9 Å². The van der Waals surface area contributed by atoms with Crippen molar-refractivity contribution in [2.45, 2.75) is 13.1 Å². The second-order valence-electron chi connectivity index (χ2n) is 5.50. The molecule has 1 heterocycles. The van der Waals surface area contributed by atoms with Gasteiger partial charge >= 0.3 is 12.1 Å². The molecule has 0 aliphatic carbocycles. The first-order chi connectivity index (χ1) is 12.9. The van der Waals surface area contributed by atoms with E-state index in [4.69, 9.17) is 4.74 Å². The van der Waals surface area contributed by atoms with Crippen LogP contribution in [0, 0.1) is 0 Å². The van der Waals surface area contributed by atoms with Crippen LogP contribution >= 0.6 is 0 Å². The number of hydrogen-bond acceptors (Lipinski definition) is 4. The van der Waals surface area contributed by atoms with Crippen molar-refractivity contribution in [3.8, 4) is 22.7 Å². The molecule has 3 rings (SSSR count). The number of carbonyl (C=O) groups is 1. The molecule has 0 radical (unpaired) electrons. The zero-order valence-corrected chi connectivity index (χ0v) is 14.2. The summed E-state index contributed by atoms with van der Waals surface area (Å²) >= 11 is 0. The van der Waals surface area contributed by atoms with Gasteiger partial charge in [0.25, 0.3) is 0 Å². The first-order valence-electron chi connectivity index (χ1n) is 8.01. The molecule has 0 fully saturated rings. The van der Waals surface area contributed by atoms with Gasteiger partial charge in [0.15, 0.2) is 0 Å². The summed E-state index contributed by atoms with van der Waals surface area (Å²) in [6, 6.07) is 13.1. The number of rotatable bonds is 5. The Hall–Kier alpha value is -3.36. The van der Waals surface area contributed by atoms with Gasteiger partial charge in [-0.15, -0.1) is 5.10 Å². The van der Waals surface area contributed by atoms with Crippen LogP contribution in [0.4, 0.5) is 18.9 Å². The van der Waals surface area contributed by atoms with Gasteiger partial charge in [0.05, 0.1) is 18.5 Å². The van der Waals surface area contributed by atoms with E-state index in [1.807, 2.05) is 31.2 Å². The highest BCUT2D eigenvalue weighted by atomic mass is 19.4. The van der Waals surface area contributed by atoms with Crippen LogP contribution in [0.3, 0.4) is 0 Å². The van der Waals surface area contributed by atoms with Gasteiger partial charge in [-0.3, -0.25) is 4.79 Å². The Balaban J connectivity index is 1.73. The number of halogens is 3. The van der Waals surface area contributed by atoms with Gasteiger partial charge < -0.3 is 10.1 Å². The minimum atomic E-state index is -4.93. The van der Waals surface area contributed by atoms with E-state index in [1.54, 1.807) is 11.5 Å². The molecule has 0 bridgehead atoms. The summed E-state index contributed by atoms with van der Waals surface area (Å²) < 4.78 is 43.7. The molecule has 2 aromatic carbocycles. The number of ether oxygens (including phenoxy) is 1. The third kappa shape index (κ3) is 4.43. The minimum Gasteiger partial charge on any atom is -0.494 e. The average Bonchev–Trinajstić information content (AvgIpc) is 3.12. The lowest BCUT2D eigenvalue weighted by atomic mass is 10.1. The molecule has 0 spiro atoms. The number of benzene rings is 2. The normalized spacial score (nSPS) is 11.3. The van der Waals surface area contributed by atoms with Crippen LogP contribution in [0.5, 0.6) is 5.75 Å². The van der Waals surface area contributed by atoms with E-state index in [0.29, 0.717) is 18.0 Å². The van der Waals surface area contributed by atoms with Crippen molar-refractivity contribution < 1.29 is 22.7 Å². The number of nitrogens with one attached hydrogen (secondary N) is 1. The third-order valence-electron chi connectivity index (χ3n) is 3.60. The Labute approximate surface area is 152 Å². The summed E-state index contributed by atoms with van der Waals surface area (Å²) in [7, 11) is 0. The molecule has 0 saturated heterocycles. The maximum Gasteiger partial charge on any atom is 0.471 e. The van der Waals surface area contributed by atoms with Gasteiger partial charge in [0, 0.05) is 11.3 Å². The highest BCUT2D eigenvalue weighted by Crippen LogP contribution is 2.22. The Kier molecular flexibility index (Phi) is 5.11. The fraction of sp³-hybridized carbons (Fsp3) is 0.167. The van der Waals surface area contributed by atoms with Crippen molar-refractivity contribution in [2.75, 3.05) is 11.9 Å². The van der Waals surface area contributed by atoms with Crippen LogP contribution in [-0.4, -0.2) is 33.7 Å². The molecule has 1 amide bonds. The van der Waals surface area contributed by atoms with Crippen LogP contribution in [-0.2, 0) is 4.79 Å². The molecular weight excluding hydrogens is 361 g/mol. The predicted octanol–water partition coefficient (Wildman–Crippen LogP) is 3.83. The molecule has 0 saturated carbocycles. The van der Waals surface area contributed by atoms with Crippen LogP contribution in [0.15, 0.2) is 54.7 Å². The molecule has 0 unspecified atom stereocenters. The lowest BCUT2D eigenvalue weighted by molar-refractivity contribution is -0.167. The molecule has 1 N–H and O–H groups in total. The summed E-state index contributed by atoms with van der Waals surface area (Å²) in [5.74, 6) is -1.26. The summed E-state index contributed by atoms with van der Waals surface area (Å²) in [5.41, 5.74) is 2.10. The van der Waals surface area contributed by atoms with E-state index in [-0.39, 0.29) is 5.69 Å². The van der Waals surface area contributed by atoms with Crippen molar-refractivity contribution in [1.82, 2.24) is 15.0 Å². The Morgan fingerprint density at radius 3 is 2.37 bits per heavy atom. The van der Waals surface area contributed by atoms with Gasteiger partial charge in [-0.2, -0.15) is 13.2 Å². The fourth-order valence-electron chi connectivity index (χ4n) is 2.31. The lowest BCUT2D eigenvalue weighted by Crippen LogP contribution is -2.29. The molecule has 27 heavy (non-hydrogen) atoms. The number of alkyl halides is 3. The van der Waals surface area contributed by atoms with Crippen LogP contribution < -0.4 is 10.1 Å². The Morgan fingerprint density at radius 2 is 1.78 bits per heavy atom.